The number of H-pyrrole nitrogens is 1. The van der Waals surface area contributed by atoms with Crippen LogP contribution in [0.25, 0.3) is 10.8 Å². The van der Waals surface area contributed by atoms with Crippen LogP contribution < -0.4 is 10.9 Å². The van der Waals surface area contributed by atoms with Crippen molar-refractivity contribution in [1.29, 1.82) is 5.26 Å². The van der Waals surface area contributed by atoms with Crippen LogP contribution >= 0.6 is 11.8 Å². The van der Waals surface area contributed by atoms with Gasteiger partial charge in [0.05, 0.1) is 17.0 Å². The molecule has 6 nitrogen and oxygen atoms in total. The van der Waals surface area contributed by atoms with Gasteiger partial charge in [-0.2, -0.15) is 17.0 Å². The van der Waals surface area contributed by atoms with Gasteiger partial charge in [-0.3, -0.25) is 4.79 Å². The Balaban J connectivity index is 1.73. The molecule has 2 heterocycles. The van der Waals surface area contributed by atoms with Gasteiger partial charge in [0.1, 0.15) is 11.9 Å². The molecular formula is C21H15F3N4O2S. The number of hydrogen-bond donors (Lipinski definition) is 2. The summed E-state index contributed by atoms with van der Waals surface area (Å²) >= 11 is 1.48. The minimum Gasteiger partial charge on any atom is -0.324 e. The minimum atomic E-state index is -1.13. The number of urea groups is 1. The van der Waals surface area contributed by atoms with Crippen molar-refractivity contribution in [1.82, 2.24) is 9.88 Å². The summed E-state index contributed by atoms with van der Waals surface area (Å²) in [4.78, 5) is 29.3. The van der Waals surface area contributed by atoms with Gasteiger partial charge in [-0.15, -0.1) is 0 Å². The molecule has 31 heavy (non-hydrogen) atoms. The van der Waals surface area contributed by atoms with Crippen molar-refractivity contribution in [2.75, 3.05) is 18.1 Å². The third-order valence-corrected chi connectivity index (χ3v) is 6.21. The lowest BCUT2D eigenvalue weighted by Gasteiger charge is -2.33. The van der Waals surface area contributed by atoms with Crippen LogP contribution in [0.2, 0.25) is 0 Å². The predicted molar refractivity (Wildman–Crippen MR) is 111 cm³/mol. The summed E-state index contributed by atoms with van der Waals surface area (Å²) < 4.78 is 41.2. The van der Waals surface area contributed by atoms with E-state index >= 15 is 0 Å². The summed E-state index contributed by atoms with van der Waals surface area (Å²) in [5, 5.41) is 11.8. The number of carbonyl (C=O) groups is 1. The number of carbonyl (C=O) groups excluding carboxylic acids is 1. The molecule has 2 amide bonds. The fourth-order valence-corrected chi connectivity index (χ4v) is 4.75. The van der Waals surface area contributed by atoms with E-state index in [0.717, 1.165) is 18.2 Å². The smallest absolute Gasteiger partial charge is 0.322 e. The van der Waals surface area contributed by atoms with Crippen LogP contribution in [0.3, 0.4) is 0 Å². The summed E-state index contributed by atoms with van der Waals surface area (Å²) in [5.41, 5.74) is 0.578. The van der Waals surface area contributed by atoms with Gasteiger partial charge in [0.15, 0.2) is 11.6 Å². The van der Waals surface area contributed by atoms with Gasteiger partial charge in [-0.05, 0) is 35.7 Å². The molecule has 158 valence electrons. The highest BCUT2D eigenvalue weighted by atomic mass is 32.2. The van der Waals surface area contributed by atoms with E-state index in [0.29, 0.717) is 22.8 Å². The Morgan fingerprint density at radius 1 is 1.19 bits per heavy atom. The number of pyridine rings is 1. The molecule has 0 fully saturated rings. The molecule has 0 saturated heterocycles. The third kappa shape index (κ3) is 3.72. The summed E-state index contributed by atoms with van der Waals surface area (Å²) in [7, 11) is 1.53. The third-order valence-electron chi connectivity index (χ3n) is 5.17. The molecule has 10 heteroatoms. The molecule has 4 rings (SSSR count). The van der Waals surface area contributed by atoms with Crippen LogP contribution in [0.5, 0.6) is 0 Å². The molecule has 1 aliphatic heterocycles. The number of nitriles is 1. The molecule has 0 spiro atoms. The lowest BCUT2D eigenvalue weighted by Crippen LogP contribution is -2.38. The predicted octanol–water partition coefficient (Wildman–Crippen LogP) is 4.27. The maximum Gasteiger partial charge on any atom is 0.322 e. The fraction of sp³-hybridized carbons (Fsp3) is 0.190. The molecule has 0 aliphatic carbocycles. The lowest BCUT2D eigenvalue weighted by atomic mass is 9.97. The highest BCUT2D eigenvalue weighted by molar-refractivity contribution is 7.98. The summed E-state index contributed by atoms with van der Waals surface area (Å²) in [5.74, 6) is -2.00. The number of benzene rings is 2. The first-order valence-electron chi connectivity index (χ1n) is 9.15. The van der Waals surface area contributed by atoms with Gasteiger partial charge in [0.25, 0.3) is 5.56 Å². The van der Waals surface area contributed by atoms with Crippen LogP contribution in [-0.4, -0.2) is 28.7 Å². The molecule has 0 bridgehead atoms. The maximum absolute atomic E-state index is 14.0. The minimum absolute atomic E-state index is 0.000514. The van der Waals surface area contributed by atoms with Crippen LogP contribution in [-0.2, 0) is 5.75 Å². The largest absolute Gasteiger partial charge is 0.324 e. The SMILES string of the molecule is CN(C(=O)Nc1ccc(F)c(C#N)c1)C1CSCc2[nH]c(=O)c3cc(F)c(F)cc3c21. The summed E-state index contributed by atoms with van der Waals surface area (Å²) in [6.45, 7) is 0. The van der Waals surface area contributed by atoms with E-state index in [2.05, 4.69) is 10.3 Å². The number of amides is 2. The van der Waals surface area contributed by atoms with Gasteiger partial charge in [-0.1, -0.05) is 0 Å². The fourth-order valence-electron chi connectivity index (χ4n) is 3.59. The zero-order valence-corrected chi connectivity index (χ0v) is 16.9. The van der Waals surface area contributed by atoms with E-state index in [1.807, 2.05) is 0 Å². The molecule has 1 aliphatic rings. The van der Waals surface area contributed by atoms with Crippen LogP contribution in [0.15, 0.2) is 35.1 Å². The second-order valence-corrected chi connectivity index (χ2v) is 8.07. The number of hydrogen-bond acceptors (Lipinski definition) is 4. The quantitative estimate of drug-likeness (QED) is 0.618. The van der Waals surface area contributed by atoms with E-state index in [-0.39, 0.29) is 22.0 Å². The Kier molecular flexibility index (Phi) is 5.37. The Morgan fingerprint density at radius 2 is 1.90 bits per heavy atom. The monoisotopic (exact) mass is 444 g/mol. The van der Waals surface area contributed by atoms with Gasteiger partial charge < -0.3 is 15.2 Å². The van der Waals surface area contributed by atoms with Gasteiger partial charge in [0.2, 0.25) is 0 Å². The summed E-state index contributed by atoms with van der Waals surface area (Å²) in [6, 6.07) is 6.07. The van der Waals surface area contributed by atoms with Crippen LogP contribution in [0, 0.1) is 28.8 Å². The second-order valence-electron chi connectivity index (χ2n) is 7.04. The Labute approximate surface area is 178 Å². The molecule has 1 unspecified atom stereocenters. The maximum atomic E-state index is 14.0. The van der Waals surface area contributed by atoms with Gasteiger partial charge in [0, 0.05) is 35.5 Å². The number of halogens is 3. The van der Waals surface area contributed by atoms with Gasteiger partial charge >= 0.3 is 6.03 Å². The van der Waals surface area contributed by atoms with Crippen molar-refractivity contribution in [3.8, 4) is 6.07 Å². The number of nitrogens with one attached hydrogen (secondary N) is 2. The number of rotatable bonds is 2. The standard InChI is InChI=1S/C21H15F3N4O2S/c1-28(21(30)26-11-2-3-14(22)10(4-11)7-25)18-9-31-8-17-19(18)12-5-15(23)16(24)6-13(12)20(29)27-17/h2-6,18H,8-9H2,1H3,(H,26,30)(H,27,29). The number of nitrogens with zero attached hydrogens (tertiary/aromatic N) is 2. The van der Waals surface area contributed by atoms with E-state index in [4.69, 9.17) is 5.26 Å². The number of anilines is 1. The first-order valence-corrected chi connectivity index (χ1v) is 10.3. The topological polar surface area (TPSA) is 89.0 Å². The number of aromatic nitrogens is 1. The van der Waals surface area contributed by atoms with Crippen LogP contribution in [0.1, 0.15) is 22.9 Å². The van der Waals surface area contributed by atoms with Crippen molar-refractivity contribution in [2.45, 2.75) is 11.8 Å². The average molecular weight is 444 g/mol. The molecule has 2 N–H and O–H groups in total. The number of aromatic amines is 1. The van der Waals surface area contributed by atoms with Crippen molar-refractivity contribution in [2.24, 2.45) is 0 Å². The molecule has 2 aromatic carbocycles. The zero-order chi connectivity index (χ0) is 22.3. The van der Waals surface area contributed by atoms with E-state index < -0.39 is 35.1 Å². The highest BCUT2D eigenvalue weighted by Crippen LogP contribution is 2.38. The van der Waals surface area contributed by atoms with E-state index in [9.17, 15) is 22.8 Å². The number of thioether (sulfide) groups is 1. The van der Waals surface area contributed by atoms with Crippen molar-refractivity contribution in [3.05, 3.63) is 75.0 Å². The normalized spacial score (nSPS) is 15.3. The molecule has 3 aromatic rings. The Morgan fingerprint density at radius 3 is 2.61 bits per heavy atom. The molecule has 1 aromatic heterocycles. The number of fused-ring (bicyclic) bond motifs is 3. The highest BCUT2D eigenvalue weighted by Gasteiger charge is 2.31. The second kappa shape index (κ2) is 8.00. The molecular weight excluding hydrogens is 429 g/mol. The van der Waals surface area contributed by atoms with Crippen LogP contribution in [0.4, 0.5) is 23.7 Å². The molecule has 0 saturated carbocycles. The molecule has 1 atom stereocenters. The van der Waals surface area contributed by atoms with E-state index in [1.54, 1.807) is 6.07 Å². The van der Waals surface area contributed by atoms with Crippen molar-refractivity contribution in [3.63, 3.8) is 0 Å². The lowest BCUT2D eigenvalue weighted by molar-refractivity contribution is 0.209. The van der Waals surface area contributed by atoms with Crippen molar-refractivity contribution < 1.29 is 18.0 Å². The van der Waals surface area contributed by atoms with E-state index in [1.165, 1.54) is 35.8 Å². The van der Waals surface area contributed by atoms with Crippen molar-refractivity contribution >= 4 is 34.3 Å². The summed E-state index contributed by atoms with van der Waals surface area (Å²) in [6.07, 6.45) is 0. The van der Waals surface area contributed by atoms with Gasteiger partial charge in [-0.25, -0.2) is 18.0 Å². The molecule has 0 radical (unpaired) electrons. The first-order chi connectivity index (χ1) is 14.8. The Hall–Kier alpha value is -3.45. The first kappa shape index (κ1) is 20.8. The Bertz CT molecular complexity index is 1320. The average Bonchev–Trinajstić information content (AvgIpc) is 2.75. The zero-order valence-electron chi connectivity index (χ0n) is 16.1.